The SMILES string of the molecule is COC(=O)[C@H]1CC[C@H](NOCc2ccccc2)CC1. The van der Waals surface area contributed by atoms with Crippen LogP contribution in [-0.2, 0) is 21.0 Å². The van der Waals surface area contributed by atoms with Crippen molar-refractivity contribution in [3.63, 3.8) is 0 Å². The lowest BCUT2D eigenvalue weighted by Gasteiger charge is -2.27. The fourth-order valence-electron chi connectivity index (χ4n) is 2.43. The summed E-state index contributed by atoms with van der Waals surface area (Å²) < 4.78 is 4.77. The van der Waals surface area contributed by atoms with Gasteiger partial charge in [-0.25, -0.2) is 0 Å². The van der Waals surface area contributed by atoms with E-state index < -0.39 is 0 Å². The molecule has 0 spiro atoms. The van der Waals surface area contributed by atoms with E-state index in [-0.39, 0.29) is 11.9 Å². The quantitative estimate of drug-likeness (QED) is 0.655. The highest BCUT2D eigenvalue weighted by Crippen LogP contribution is 2.25. The van der Waals surface area contributed by atoms with Gasteiger partial charge >= 0.3 is 5.97 Å². The molecular weight excluding hydrogens is 242 g/mol. The van der Waals surface area contributed by atoms with Crippen LogP contribution in [0.15, 0.2) is 30.3 Å². The van der Waals surface area contributed by atoms with Gasteiger partial charge in [0, 0.05) is 6.04 Å². The van der Waals surface area contributed by atoms with Crippen LogP contribution >= 0.6 is 0 Å². The Hall–Kier alpha value is -1.39. The molecule has 104 valence electrons. The Kier molecular flexibility index (Phi) is 5.36. The number of hydrogen-bond donors (Lipinski definition) is 1. The Balaban J connectivity index is 1.65. The second kappa shape index (κ2) is 7.26. The highest BCUT2D eigenvalue weighted by Gasteiger charge is 2.26. The highest BCUT2D eigenvalue weighted by atomic mass is 16.6. The Morgan fingerprint density at radius 3 is 2.53 bits per heavy atom. The van der Waals surface area contributed by atoms with Crippen LogP contribution in [0.4, 0.5) is 0 Å². The van der Waals surface area contributed by atoms with Crippen molar-refractivity contribution in [2.75, 3.05) is 7.11 Å². The molecule has 1 aromatic carbocycles. The number of carbonyl (C=O) groups excluding carboxylic acids is 1. The molecule has 0 atom stereocenters. The molecule has 0 unspecified atom stereocenters. The van der Waals surface area contributed by atoms with Crippen LogP contribution in [0.2, 0.25) is 0 Å². The normalized spacial score (nSPS) is 23.0. The van der Waals surface area contributed by atoms with Gasteiger partial charge in [0.1, 0.15) is 0 Å². The van der Waals surface area contributed by atoms with Gasteiger partial charge in [0.15, 0.2) is 0 Å². The van der Waals surface area contributed by atoms with Crippen molar-refractivity contribution in [3.8, 4) is 0 Å². The Morgan fingerprint density at radius 2 is 1.89 bits per heavy atom. The Bertz CT molecular complexity index is 386. The van der Waals surface area contributed by atoms with E-state index in [0.717, 1.165) is 31.2 Å². The van der Waals surface area contributed by atoms with Gasteiger partial charge in [-0.3, -0.25) is 9.63 Å². The second-order valence-corrected chi connectivity index (χ2v) is 4.96. The topological polar surface area (TPSA) is 47.6 Å². The van der Waals surface area contributed by atoms with E-state index in [4.69, 9.17) is 9.57 Å². The van der Waals surface area contributed by atoms with Gasteiger partial charge in [0.2, 0.25) is 0 Å². The summed E-state index contributed by atoms with van der Waals surface area (Å²) in [6.07, 6.45) is 3.65. The summed E-state index contributed by atoms with van der Waals surface area (Å²) in [6.45, 7) is 0.567. The van der Waals surface area contributed by atoms with Crippen molar-refractivity contribution in [3.05, 3.63) is 35.9 Å². The zero-order chi connectivity index (χ0) is 13.5. The van der Waals surface area contributed by atoms with Gasteiger partial charge in [-0.1, -0.05) is 30.3 Å². The summed E-state index contributed by atoms with van der Waals surface area (Å²) in [7, 11) is 1.45. The molecule has 0 amide bonds. The van der Waals surface area contributed by atoms with Crippen molar-refractivity contribution in [1.82, 2.24) is 5.48 Å². The van der Waals surface area contributed by atoms with Crippen molar-refractivity contribution < 1.29 is 14.4 Å². The summed E-state index contributed by atoms with van der Waals surface area (Å²) in [5, 5.41) is 0. The number of methoxy groups -OCH3 is 1. The predicted molar refractivity (Wildman–Crippen MR) is 72.1 cm³/mol. The Morgan fingerprint density at radius 1 is 1.21 bits per heavy atom. The molecular formula is C15H21NO3. The zero-order valence-corrected chi connectivity index (χ0v) is 11.3. The third kappa shape index (κ3) is 4.33. The largest absolute Gasteiger partial charge is 0.469 e. The summed E-state index contributed by atoms with van der Waals surface area (Å²) in [5.74, 6) is -0.0131. The standard InChI is InChI=1S/C15H21NO3/c1-18-15(17)13-7-9-14(10-8-13)16-19-11-12-5-3-2-4-6-12/h2-6,13-14,16H,7-11H2,1H3/t13-,14-. The highest BCUT2D eigenvalue weighted by molar-refractivity contribution is 5.72. The number of esters is 1. The minimum atomic E-state index is -0.0800. The lowest BCUT2D eigenvalue weighted by molar-refractivity contribution is -0.147. The Labute approximate surface area is 114 Å². The molecule has 4 heteroatoms. The van der Waals surface area contributed by atoms with Crippen molar-refractivity contribution in [2.45, 2.75) is 38.3 Å². The van der Waals surface area contributed by atoms with Crippen molar-refractivity contribution in [1.29, 1.82) is 0 Å². The van der Waals surface area contributed by atoms with Crippen LogP contribution < -0.4 is 5.48 Å². The molecule has 1 fully saturated rings. The average molecular weight is 263 g/mol. The fourth-order valence-corrected chi connectivity index (χ4v) is 2.43. The van der Waals surface area contributed by atoms with Gasteiger partial charge in [0.25, 0.3) is 0 Å². The number of ether oxygens (including phenoxy) is 1. The first-order valence-corrected chi connectivity index (χ1v) is 6.78. The molecule has 0 aliphatic heterocycles. The summed E-state index contributed by atoms with van der Waals surface area (Å²) in [4.78, 5) is 16.9. The van der Waals surface area contributed by atoms with Gasteiger partial charge in [-0.2, -0.15) is 5.48 Å². The molecule has 0 heterocycles. The molecule has 1 aliphatic rings. The van der Waals surface area contributed by atoms with E-state index in [1.54, 1.807) is 0 Å². The number of nitrogens with one attached hydrogen (secondary N) is 1. The molecule has 19 heavy (non-hydrogen) atoms. The smallest absolute Gasteiger partial charge is 0.308 e. The van der Waals surface area contributed by atoms with Crippen molar-refractivity contribution in [2.24, 2.45) is 5.92 Å². The number of hydroxylamine groups is 1. The molecule has 1 aromatic rings. The molecule has 1 N–H and O–H groups in total. The number of hydrogen-bond acceptors (Lipinski definition) is 4. The summed E-state index contributed by atoms with van der Waals surface area (Å²) in [5.41, 5.74) is 4.25. The molecule has 0 radical (unpaired) electrons. The maximum absolute atomic E-state index is 11.4. The first-order valence-electron chi connectivity index (χ1n) is 6.78. The third-order valence-corrected chi connectivity index (χ3v) is 3.59. The van der Waals surface area contributed by atoms with Crippen LogP contribution in [0.1, 0.15) is 31.2 Å². The fraction of sp³-hybridized carbons (Fsp3) is 0.533. The van der Waals surface area contributed by atoms with E-state index in [2.05, 4.69) is 5.48 Å². The van der Waals surface area contributed by atoms with E-state index in [9.17, 15) is 4.79 Å². The van der Waals surface area contributed by atoms with Gasteiger partial charge < -0.3 is 4.74 Å². The van der Waals surface area contributed by atoms with Crippen molar-refractivity contribution >= 4 is 5.97 Å². The van der Waals surface area contributed by atoms with Crippen LogP contribution in [0.25, 0.3) is 0 Å². The van der Waals surface area contributed by atoms with Crippen LogP contribution in [-0.4, -0.2) is 19.1 Å². The molecule has 4 nitrogen and oxygen atoms in total. The van der Waals surface area contributed by atoms with Crippen LogP contribution in [0.5, 0.6) is 0 Å². The van der Waals surface area contributed by atoms with Gasteiger partial charge in [0.05, 0.1) is 19.6 Å². The van der Waals surface area contributed by atoms with Crippen LogP contribution in [0, 0.1) is 5.92 Å². The molecule has 2 rings (SSSR count). The minimum Gasteiger partial charge on any atom is -0.469 e. The monoisotopic (exact) mass is 263 g/mol. The molecule has 0 aromatic heterocycles. The molecule has 0 bridgehead atoms. The van der Waals surface area contributed by atoms with Crippen LogP contribution in [0.3, 0.4) is 0 Å². The number of benzene rings is 1. The number of rotatable bonds is 5. The van der Waals surface area contributed by atoms with E-state index >= 15 is 0 Å². The van der Waals surface area contributed by atoms with E-state index in [1.165, 1.54) is 7.11 Å². The maximum atomic E-state index is 11.4. The minimum absolute atomic E-state index is 0.0668. The molecule has 0 saturated heterocycles. The van der Waals surface area contributed by atoms with E-state index in [0.29, 0.717) is 12.6 Å². The molecule has 1 saturated carbocycles. The lowest BCUT2D eigenvalue weighted by atomic mass is 9.86. The lowest BCUT2D eigenvalue weighted by Crippen LogP contribution is -2.35. The van der Waals surface area contributed by atoms with Gasteiger partial charge in [-0.15, -0.1) is 0 Å². The number of carbonyl (C=O) groups is 1. The summed E-state index contributed by atoms with van der Waals surface area (Å²) >= 11 is 0. The maximum Gasteiger partial charge on any atom is 0.308 e. The predicted octanol–water partition coefficient (Wildman–Crippen LogP) is 2.44. The average Bonchev–Trinajstić information content (AvgIpc) is 2.48. The van der Waals surface area contributed by atoms with Gasteiger partial charge in [-0.05, 0) is 31.2 Å². The second-order valence-electron chi connectivity index (χ2n) is 4.96. The zero-order valence-electron chi connectivity index (χ0n) is 11.3. The first kappa shape index (κ1) is 14.0. The molecule has 1 aliphatic carbocycles. The van der Waals surface area contributed by atoms with E-state index in [1.807, 2.05) is 30.3 Å². The summed E-state index contributed by atoms with van der Waals surface area (Å²) in [6, 6.07) is 10.4. The third-order valence-electron chi connectivity index (χ3n) is 3.59. The first-order chi connectivity index (χ1) is 9.29.